The molecule has 2 aromatic heterocycles. The van der Waals surface area contributed by atoms with Gasteiger partial charge in [-0.1, -0.05) is 12.1 Å². The van der Waals surface area contributed by atoms with Crippen LogP contribution in [-0.2, 0) is 6.18 Å². The summed E-state index contributed by atoms with van der Waals surface area (Å²) in [6.07, 6.45) is 0.186. The van der Waals surface area contributed by atoms with E-state index in [-0.39, 0.29) is 16.9 Å². The van der Waals surface area contributed by atoms with Gasteiger partial charge in [-0.3, -0.25) is 14.0 Å². The van der Waals surface area contributed by atoms with Crippen LogP contribution in [0.2, 0.25) is 0 Å². The lowest BCUT2D eigenvalue weighted by molar-refractivity contribution is -0.137. The number of halogens is 3. The molecule has 2 N–H and O–H groups in total. The second kappa shape index (κ2) is 8.14. The Hall–Kier alpha value is -4.21. The maximum absolute atomic E-state index is 12.9. The van der Waals surface area contributed by atoms with E-state index in [0.717, 1.165) is 12.1 Å². The molecule has 4 rings (SSSR count). The number of nitrogens with zero attached hydrogens (tertiary/aromatic N) is 3. The van der Waals surface area contributed by atoms with Gasteiger partial charge in [0.25, 0.3) is 11.8 Å². The summed E-state index contributed by atoms with van der Waals surface area (Å²) < 4.78 is 40.3. The highest BCUT2D eigenvalue weighted by atomic mass is 19.4. The lowest BCUT2D eigenvalue weighted by atomic mass is 10.1. The molecule has 0 saturated carbocycles. The SMILES string of the molecule is Cc1ccc(C(=O)Nc2cccc(C(F)(F)F)c2)cc1NC(=O)c1ncn2cccnc12. The number of nitrogens with one attached hydrogen (secondary N) is 2. The van der Waals surface area contributed by atoms with Gasteiger partial charge < -0.3 is 10.6 Å². The Bertz CT molecular complexity index is 1330. The monoisotopic (exact) mass is 439 g/mol. The van der Waals surface area contributed by atoms with Gasteiger partial charge in [0.15, 0.2) is 11.3 Å². The van der Waals surface area contributed by atoms with Crippen molar-refractivity contribution in [2.45, 2.75) is 13.1 Å². The molecule has 4 aromatic rings. The molecule has 0 saturated heterocycles. The Morgan fingerprint density at radius 2 is 1.78 bits per heavy atom. The minimum Gasteiger partial charge on any atom is -0.322 e. The van der Waals surface area contributed by atoms with Crippen molar-refractivity contribution in [2.24, 2.45) is 0 Å². The zero-order chi connectivity index (χ0) is 22.9. The second-order valence-corrected chi connectivity index (χ2v) is 6.96. The topological polar surface area (TPSA) is 88.4 Å². The molecule has 0 radical (unpaired) electrons. The molecule has 2 aromatic carbocycles. The predicted octanol–water partition coefficient (Wildman–Crippen LogP) is 4.56. The molecule has 10 heteroatoms. The highest BCUT2D eigenvalue weighted by Crippen LogP contribution is 2.31. The van der Waals surface area contributed by atoms with E-state index in [1.54, 1.807) is 29.7 Å². The fourth-order valence-corrected chi connectivity index (χ4v) is 3.05. The normalized spacial score (nSPS) is 11.4. The zero-order valence-corrected chi connectivity index (χ0v) is 16.6. The first kappa shape index (κ1) is 21.0. The van der Waals surface area contributed by atoms with Crippen molar-refractivity contribution >= 4 is 28.8 Å². The van der Waals surface area contributed by atoms with Crippen molar-refractivity contribution < 1.29 is 22.8 Å². The molecule has 0 atom stereocenters. The van der Waals surface area contributed by atoms with Crippen molar-refractivity contribution in [3.63, 3.8) is 0 Å². The van der Waals surface area contributed by atoms with E-state index < -0.39 is 23.6 Å². The van der Waals surface area contributed by atoms with Crippen LogP contribution in [0.15, 0.2) is 67.3 Å². The van der Waals surface area contributed by atoms with Crippen LogP contribution in [0.1, 0.15) is 32.0 Å². The van der Waals surface area contributed by atoms with E-state index in [1.807, 2.05) is 0 Å². The molecular weight excluding hydrogens is 423 g/mol. The van der Waals surface area contributed by atoms with Crippen LogP contribution in [0.3, 0.4) is 0 Å². The van der Waals surface area contributed by atoms with E-state index in [1.165, 1.54) is 36.8 Å². The van der Waals surface area contributed by atoms with Crippen LogP contribution in [0.4, 0.5) is 24.5 Å². The molecule has 2 heterocycles. The van der Waals surface area contributed by atoms with Gasteiger partial charge in [-0.15, -0.1) is 0 Å². The number of benzene rings is 2. The third-order valence-corrected chi connectivity index (χ3v) is 4.71. The summed E-state index contributed by atoms with van der Waals surface area (Å²) >= 11 is 0. The number of anilines is 2. The number of carbonyl (C=O) groups is 2. The lowest BCUT2D eigenvalue weighted by Crippen LogP contribution is -2.16. The van der Waals surface area contributed by atoms with Crippen LogP contribution in [0, 0.1) is 6.92 Å². The number of rotatable bonds is 4. The van der Waals surface area contributed by atoms with Gasteiger partial charge in [0.2, 0.25) is 0 Å². The van der Waals surface area contributed by atoms with E-state index in [4.69, 9.17) is 0 Å². The quantitative estimate of drug-likeness (QED) is 0.488. The summed E-state index contributed by atoms with van der Waals surface area (Å²) in [5.74, 6) is -1.13. The molecule has 0 fully saturated rings. The predicted molar refractivity (Wildman–Crippen MR) is 112 cm³/mol. The summed E-state index contributed by atoms with van der Waals surface area (Å²) in [5.41, 5.74) is 0.842. The standard InChI is InChI=1S/C22H16F3N5O2/c1-13-6-7-14(20(31)28-16-5-2-4-15(11-16)22(23,24)25)10-17(13)29-21(32)18-19-26-8-3-9-30(19)12-27-18/h2-12H,1H3,(H,28,31)(H,29,32). The molecule has 32 heavy (non-hydrogen) atoms. The highest BCUT2D eigenvalue weighted by molar-refractivity contribution is 6.09. The van der Waals surface area contributed by atoms with Crippen LogP contribution >= 0.6 is 0 Å². The van der Waals surface area contributed by atoms with Crippen LogP contribution in [0.25, 0.3) is 5.65 Å². The maximum Gasteiger partial charge on any atom is 0.416 e. The van der Waals surface area contributed by atoms with Crippen molar-refractivity contribution in [1.82, 2.24) is 14.4 Å². The minimum absolute atomic E-state index is 0.00606. The van der Waals surface area contributed by atoms with Gasteiger partial charge in [0.1, 0.15) is 6.33 Å². The van der Waals surface area contributed by atoms with Crippen molar-refractivity contribution in [2.75, 3.05) is 10.6 Å². The van der Waals surface area contributed by atoms with Crippen LogP contribution in [0.5, 0.6) is 0 Å². The summed E-state index contributed by atoms with van der Waals surface area (Å²) in [4.78, 5) is 33.5. The van der Waals surface area contributed by atoms with Crippen molar-refractivity contribution in [3.05, 3.63) is 89.6 Å². The smallest absolute Gasteiger partial charge is 0.322 e. The van der Waals surface area contributed by atoms with Crippen LogP contribution in [-0.4, -0.2) is 26.2 Å². The van der Waals surface area contributed by atoms with Gasteiger partial charge in [0.05, 0.1) is 5.56 Å². The first-order chi connectivity index (χ1) is 15.2. The molecular formula is C22H16F3N5O2. The van der Waals surface area contributed by atoms with E-state index in [2.05, 4.69) is 20.6 Å². The number of aryl methyl sites for hydroxylation is 1. The number of imidazole rings is 1. The molecule has 0 aliphatic heterocycles. The largest absolute Gasteiger partial charge is 0.416 e. The lowest BCUT2D eigenvalue weighted by Gasteiger charge is -2.12. The zero-order valence-electron chi connectivity index (χ0n) is 16.6. The first-order valence-electron chi connectivity index (χ1n) is 9.40. The summed E-state index contributed by atoms with van der Waals surface area (Å²) in [6.45, 7) is 1.74. The number of fused-ring (bicyclic) bond motifs is 1. The maximum atomic E-state index is 12.9. The van der Waals surface area contributed by atoms with E-state index in [0.29, 0.717) is 16.9 Å². The summed E-state index contributed by atoms with van der Waals surface area (Å²) in [6, 6.07) is 10.6. The summed E-state index contributed by atoms with van der Waals surface area (Å²) in [5, 5.41) is 5.15. The van der Waals surface area contributed by atoms with Gasteiger partial charge >= 0.3 is 6.18 Å². The molecule has 2 amide bonds. The number of hydrogen-bond acceptors (Lipinski definition) is 4. The van der Waals surface area contributed by atoms with Gasteiger partial charge in [0, 0.05) is 29.3 Å². The fraction of sp³-hybridized carbons (Fsp3) is 0.0909. The molecule has 0 unspecified atom stereocenters. The molecule has 0 aliphatic rings. The number of amides is 2. The van der Waals surface area contributed by atoms with Crippen molar-refractivity contribution in [3.8, 4) is 0 Å². The van der Waals surface area contributed by atoms with Gasteiger partial charge in [-0.05, 0) is 48.9 Å². The van der Waals surface area contributed by atoms with E-state index in [9.17, 15) is 22.8 Å². The Balaban J connectivity index is 1.55. The molecule has 0 bridgehead atoms. The average Bonchev–Trinajstić information content (AvgIpc) is 3.19. The highest BCUT2D eigenvalue weighted by Gasteiger charge is 2.30. The number of alkyl halides is 3. The average molecular weight is 439 g/mol. The molecule has 7 nitrogen and oxygen atoms in total. The minimum atomic E-state index is -4.52. The second-order valence-electron chi connectivity index (χ2n) is 6.96. The fourth-order valence-electron chi connectivity index (χ4n) is 3.05. The third kappa shape index (κ3) is 4.29. The Morgan fingerprint density at radius 1 is 0.969 bits per heavy atom. The molecule has 162 valence electrons. The van der Waals surface area contributed by atoms with Gasteiger partial charge in [-0.25, -0.2) is 9.97 Å². The number of hydrogen-bond donors (Lipinski definition) is 2. The number of carbonyl (C=O) groups excluding carboxylic acids is 2. The third-order valence-electron chi connectivity index (χ3n) is 4.71. The van der Waals surface area contributed by atoms with Crippen LogP contribution < -0.4 is 10.6 Å². The molecule has 0 aliphatic carbocycles. The summed E-state index contributed by atoms with van der Waals surface area (Å²) in [7, 11) is 0. The van der Waals surface area contributed by atoms with Crippen molar-refractivity contribution in [1.29, 1.82) is 0 Å². The Kier molecular flexibility index (Phi) is 5.35. The Labute approximate surface area is 179 Å². The number of aromatic nitrogens is 3. The Morgan fingerprint density at radius 3 is 2.56 bits per heavy atom. The molecule has 0 spiro atoms. The van der Waals surface area contributed by atoms with E-state index >= 15 is 0 Å². The first-order valence-corrected chi connectivity index (χ1v) is 9.40. The van der Waals surface area contributed by atoms with Gasteiger partial charge in [-0.2, -0.15) is 13.2 Å².